The standard InChI is InChI=1S/C24H34BrClFN5O3/c1-23(2,3)9-17-24(28,22-30-10-13(25)11-31-22)18(15-5-4-6-16(26)19(15)27)20(32-17)21(35)29-8-7-14(34)12-33/h4-6,10-11,14,17-18,20,22,30,32-34H,7-9,12,28H2,1-3H3,(H,29,35)/t14-,17-,18-,20+,22?,24+/m0/s1. The van der Waals surface area contributed by atoms with Gasteiger partial charge in [-0.3, -0.25) is 9.79 Å². The molecular weight excluding hydrogens is 541 g/mol. The van der Waals surface area contributed by atoms with E-state index in [9.17, 15) is 9.90 Å². The summed E-state index contributed by atoms with van der Waals surface area (Å²) in [4.78, 5) is 18.0. The number of nitrogens with zero attached hydrogens (tertiary/aromatic N) is 1. The number of hydrogen-bond donors (Lipinski definition) is 6. The zero-order valence-electron chi connectivity index (χ0n) is 20.1. The highest BCUT2D eigenvalue weighted by molar-refractivity contribution is 9.12. The maximum Gasteiger partial charge on any atom is 0.237 e. The van der Waals surface area contributed by atoms with Gasteiger partial charge in [0.1, 0.15) is 12.0 Å². The van der Waals surface area contributed by atoms with E-state index >= 15 is 4.39 Å². The smallest absolute Gasteiger partial charge is 0.237 e. The Morgan fingerprint density at radius 3 is 2.74 bits per heavy atom. The Bertz CT molecular complexity index is 988. The van der Waals surface area contributed by atoms with Gasteiger partial charge in [-0.2, -0.15) is 0 Å². The van der Waals surface area contributed by atoms with Crippen molar-refractivity contribution in [3.8, 4) is 0 Å². The minimum Gasteiger partial charge on any atom is -0.394 e. The average Bonchev–Trinajstić information content (AvgIpc) is 3.07. The Hall–Kier alpha value is -1.56. The molecule has 3 rings (SSSR count). The van der Waals surface area contributed by atoms with Crippen molar-refractivity contribution in [2.75, 3.05) is 13.2 Å². The first kappa shape index (κ1) is 28.0. The van der Waals surface area contributed by atoms with E-state index in [4.69, 9.17) is 22.4 Å². The number of carbonyl (C=O) groups excluding carboxylic acids is 1. The lowest BCUT2D eigenvalue weighted by Crippen LogP contribution is -2.65. The molecule has 2 aliphatic rings. The number of amides is 1. The van der Waals surface area contributed by atoms with Crippen molar-refractivity contribution < 1.29 is 19.4 Å². The molecule has 194 valence electrons. The molecule has 1 saturated heterocycles. The number of allylic oxidation sites excluding steroid dienone is 1. The summed E-state index contributed by atoms with van der Waals surface area (Å²) in [6, 6.07) is 3.39. The number of benzene rings is 1. The number of aliphatic hydroxyl groups excluding tert-OH is 2. The summed E-state index contributed by atoms with van der Waals surface area (Å²) in [5.74, 6) is -1.84. The van der Waals surface area contributed by atoms with Crippen molar-refractivity contribution in [2.24, 2.45) is 16.1 Å². The quantitative estimate of drug-likeness (QED) is 0.282. The van der Waals surface area contributed by atoms with E-state index in [0.29, 0.717) is 6.42 Å². The summed E-state index contributed by atoms with van der Waals surface area (Å²) >= 11 is 9.53. The van der Waals surface area contributed by atoms with Gasteiger partial charge in [-0.25, -0.2) is 4.39 Å². The first-order valence-electron chi connectivity index (χ1n) is 11.6. The van der Waals surface area contributed by atoms with Crippen molar-refractivity contribution in [3.63, 3.8) is 0 Å². The van der Waals surface area contributed by atoms with E-state index in [1.807, 2.05) is 0 Å². The second kappa shape index (κ2) is 11.2. The lowest BCUT2D eigenvalue weighted by molar-refractivity contribution is -0.123. The van der Waals surface area contributed by atoms with Gasteiger partial charge in [0.25, 0.3) is 0 Å². The zero-order valence-corrected chi connectivity index (χ0v) is 22.4. The molecule has 11 heteroatoms. The molecule has 2 heterocycles. The number of halogens is 3. The second-order valence-corrected chi connectivity index (χ2v) is 11.7. The second-order valence-electron chi connectivity index (χ2n) is 10.4. The SMILES string of the molecule is CC(C)(C)C[C@@H]1N[C@@H](C(=O)NCC[C@H](O)CO)[C@H](c2cccc(Cl)c2F)[C@@]1(N)C1N=CC(Br)=CN1. The average molecular weight is 575 g/mol. The third-order valence-electron chi connectivity index (χ3n) is 6.46. The highest BCUT2D eigenvalue weighted by Gasteiger charge is 2.60. The number of carbonyl (C=O) groups is 1. The molecule has 2 aliphatic heterocycles. The van der Waals surface area contributed by atoms with E-state index in [0.717, 1.165) is 4.48 Å². The van der Waals surface area contributed by atoms with Crippen LogP contribution in [0.5, 0.6) is 0 Å². The molecule has 7 N–H and O–H groups in total. The zero-order chi connectivity index (χ0) is 26.0. The molecule has 35 heavy (non-hydrogen) atoms. The molecule has 0 bridgehead atoms. The van der Waals surface area contributed by atoms with Crippen molar-refractivity contribution in [2.45, 2.75) is 69.4 Å². The van der Waals surface area contributed by atoms with E-state index in [2.05, 4.69) is 57.6 Å². The fraction of sp³-hybridized carbons (Fsp3) is 0.583. The van der Waals surface area contributed by atoms with Gasteiger partial charge in [0.2, 0.25) is 5.91 Å². The Morgan fingerprint density at radius 2 is 2.14 bits per heavy atom. The van der Waals surface area contributed by atoms with Gasteiger partial charge in [-0.1, -0.05) is 44.5 Å². The van der Waals surface area contributed by atoms with Gasteiger partial charge in [0, 0.05) is 30.9 Å². The van der Waals surface area contributed by atoms with Gasteiger partial charge in [-0.05, 0) is 45.8 Å². The Morgan fingerprint density at radius 1 is 1.43 bits per heavy atom. The minimum atomic E-state index is -1.22. The van der Waals surface area contributed by atoms with Gasteiger partial charge in [0.05, 0.1) is 33.8 Å². The molecule has 1 unspecified atom stereocenters. The Balaban J connectivity index is 2.07. The first-order chi connectivity index (χ1) is 16.4. The minimum absolute atomic E-state index is 0.0582. The molecule has 1 aromatic carbocycles. The van der Waals surface area contributed by atoms with Crippen LogP contribution in [0, 0.1) is 11.2 Å². The number of hydrogen-bond acceptors (Lipinski definition) is 7. The predicted molar refractivity (Wildman–Crippen MR) is 139 cm³/mol. The third-order valence-corrected chi connectivity index (χ3v) is 7.18. The summed E-state index contributed by atoms with van der Waals surface area (Å²) in [6.45, 7) is 5.95. The third kappa shape index (κ3) is 6.23. The van der Waals surface area contributed by atoms with E-state index < -0.39 is 48.2 Å². The number of nitrogens with one attached hydrogen (secondary N) is 3. The van der Waals surface area contributed by atoms with Crippen LogP contribution in [0.15, 0.2) is 33.9 Å². The van der Waals surface area contributed by atoms with Crippen LogP contribution in [0.25, 0.3) is 0 Å². The van der Waals surface area contributed by atoms with Crippen LogP contribution < -0.4 is 21.7 Å². The van der Waals surface area contributed by atoms with E-state index in [1.165, 1.54) is 6.07 Å². The molecule has 8 nitrogen and oxygen atoms in total. The summed E-state index contributed by atoms with van der Waals surface area (Å²) in [5, 5.41) is 28.0. The molecule has 0 spiro atoms. The molecule has 6 atom stereocenters. The first-order valence-corrected chi connectivity index (χ1v) is 12.8. The molecule has 1 amide bonds. The monoisotopic (exact) mass is 573 g/mol. The fourth-order valence-electron chi connectivity index (χ4n) is 4.83. The van der Waals surface area contributed by atoms with Crippen LogP contribution in [0.2, 0.25) is 5.02 Å². The van der Waals surface area contributed by atoms with Crippen molar-refractivity contribution in [3.05, 3.63) is 45.3 Å². The number of nitrogens with two attached hydrogens (primary N) is 1. The number of rotatable bonds is 8. The van der Waals surface area contributed by atoms with Crippen molar-refractivity contribution in [1.29, 1.82) is 0 Å². The van der Waals surface area contributed by atoms with Gasteiger partial charge in [-0.15, -0.1) is 0 Å². The molecule has 0 saturated carbocycles. The maximum atomic E-state index is 15.4. The summed E-state index contributed by atoms with van der Waals surface area (Å²) in [7, 11) is 0. The van der Waals surface area contributed by atoms with Gasteiger partial charge in [0.15, 0.2) is 0 Å². The molecule has 1 fully saturated rings. The number of aliphatic imine (C=N–C) groups is 1. The summed E-state index contributed by atoms with van der Waals surface area (Å²) < 4.78 is 16.2. The molecular formula is C24H34BrClFN5O3. The Kier molecular flexibility index (Phi) is 8.99. The van der Waals surface area contributed by atoms with Gasteiger partial charge < -0.3 is 31.9 Å². The van der Waals surface area contributed by atoms with Gasteiger partial charge >= 0.3 is 0 Å². The lowest BCUT2D eigenvalue weighted by Gasteiger charge is -2.43. The molecule has 0 aliphatic carbocycles. The van der Waals surface area contributed by atoms with E-state index in [-0.39, 0.29) is 34.9 Å². The number of aliphatic hydroxyl groups is 2. The van der Waals surface area contributed by atoms with Crippen LogP contribution in [-0.2, 0) is 4.79 Å². The van der Waals surface area contributed by atoms with Crippen LogP contribution in [0.3, 0.4) is 0 Å². The van der Waals surface area contributed by atoms with E-state index in [1.54, 1.807) is 24.5 Å². The summed E-state index contributed by atoms with van der Waals surface area (Å²) in [6.07, 6.45) is 2.54. The van der Waals surface area contributed by atoms with Crippen LogP contribution in [0.1, 0.15) is 45.1 Å². The summed E-state index contributed by atoms with van der Waals surface area (Å²) in [5.41, 5.74) is 6.06. The maximum absolute atomic E-state index is 15.4. The van der Waals surface area contributed by atoms with Crippen molar-refractivity contribution in [1.82, 2.24) is 16.0 Å². The lowest BCUT2D eigenvalue weighted by atomic mass is 9.70. The predicted octanol–water partition coefficient (Wildman–Crippen LogP) is 2.13. The van der Waals surface area contributed by atoms with Crippen LogP contribution in [0.4, 0.5) is 4.39 Å². The Labute approximate surface area is 218 Å². The topological polar surface area (TPSA) is 132 Å². The molecule has 1 aromatic rings. The highest BCUT2D eigenvalue weighted by atomic mass is 79.9. The molecule has 0 aromatic heterocycles. The highest BCUT2D eigenvalue weighted by Crippen LogP contribution is 2.46. The molecule has 0 radical (unpaired) electrons. The largest absolute Gasteiger partial charge is 0.394 e. The van der Waals surface area contributed by atoms with Crippen molar-refractivity contribution >= 4 is 39.7 Å². The van der Waals surface area contributed by atoms with Crippen LogP contribution in [-0.4, -0.2) is 65.4 Å². The van der Waals surface area contributed by atoms with Crippen LogP contribution >= 0.6 is 27.5 Å². The normalized spacial score (nSPS) is 29.5. The fourth-order valence-corrected chi connectivity index (χ4v) is 5.26.